The van der Waals surface area contributed by atoms with E-state index in [2.05, 4.69) is 27.3 Å². The third kappa shape index (κ3) is 4.05. The van der Waals surface area contributed by atoms with Crippen LogP contribution in [0.3, 0.4) is 0 Å². The van der Waals surface area contributed by atoms with E-state index in [1.807, 2.05) is 0 Å². The second kappa shape index (κ2) is 5.82. The topological polar surface area (TPSA) is 31.0 Å². The van der Waals surface area contributed by atoms with Crippen molar-refractivity contribution in [2.75, 3.05) is 14.2 Å². The van der Waals surface area contributed by atoms with Gasteiger partial charge in [0.25, 0.3) is 0 Å². The lowest BCUT2D eigenvalue weighted by Crippen LogP contribution is -2.40. The molecule has 0 aromatic rings. The van der Waals surface area contributed by atoms with Gasteiger partial charge in [0.1, 0.15) is 0 Å². The van der Waals surface area contributed by atoms with Crippen molar-refractivity contribution in [1.82, 2.24) is 0 Å². The minimum atomic E-state index is -2.00. The Morgan fingerprint density at radius 1 is 1.35 bits per heavy atom. The highest BCUT2D eigenvalue weighted by Gasteiger charge is 2.56. The maximum atomic E-state index is 5.87. The average molecular weight is 260 g/mol. The van der Waals surface area contributed by atoms with Crippen LogP contribution < -0.4 is 0 Å². The summed E-state index contributed by atoms with van der Waals surface area (Å²) >= 11 is 0. The SMILES string of the molecule is CCC(C)CCC1OC1(C)C[Si](C)(OC)OC. The number of epoxide rings is 1. The van der Waals surface area contributed by atoms with Crippen LogP contribution in [0, 0.1) is 5.92 Å². The molecule has 1 aliphatic rings. The molecule has 0 saturated carbocycles. The van der Waals surface area contributed by atoms with Gasteiger partial charge in [0.2, 0.25) is 0 Å². The second-order valence-electron chi connectivity index (χ2n) is 5.73. The fraction of sp³-hybridized carbons (Fsp3) is 1.00. The van der Waals surface area contributed by atoms with Crippen LogP contribution in [0.2, 0.25) is 12.6 Å². The van der Waals surface area contributed by atoms with Gasteiger partial charge in [-0.05, 0) is 32.2 Å². The van der Waals surface area contributed by atoms with Gasteiger partial charge in [-0.15, -0.1) is 0 Å². The smallest absolute Gasteiger partial charge is 0.337 e. The maximum absolute atomic E-state index is 5.87. The van der Waals surface area contributed by atoms with Crippen LogP contribution in [0.4, 0.5) is 0 Å². The Kier molecular flexibility index (Phi) is 5.19. The molecule has 1 saturated heterocycles. The van der Waals surface area contributed by atoms with Crippen LogP contribution in [-0.2, 0) is 13.6 Å². The minimum Gasteiger partial charge on any atom is -0.398 e. The molecule has 0 bridgehead atoms. The number of rotatable bonds is 8. The molecule has 1 heterocycles. The van der Waals surface area contributed by atoms with Gasteiger partial charge in [0, 0.05) is 20.3 Å². The van der Waals surface area contributed by atoms with Crippen LogP contribution in [0.25, 0.3) is 0 Å². The summed E-state index contributed by atoms with van der Waals surface area (Å²) in [5.74, 6) is 0.803. The fourth-order valence-electron chi connectivity index (χ4n) is 2.32. The Hall–Kier alpha value is 0.0969. The molecule has 1 fully saturated rings. The highest BCUT2D eigenvalue weighted by molar-refractivity contribution is 6.66. The van der Waals surface area contributed by atoms with E-state index in [9.17, 15) is 0 Å². The zero-order chi connectivity index (χ0) is 13.1. The summed E-state index contributed by atoms with van der Waals surface area (Å²) in [5, 5.41) is 0. The molecular formula is C13H28O3Si. The zero-order valence-corrected chi connectivity index (χ0v) is 13.2. The Labute approximate surface area is 107 Å². The minimum absolute atomic E-state index is 0.000450. The first-order chi connectivity index (χ1) is 7.89. The molecule has 17 heavy (non-hydrogen) atoms. The quantitative estimate of drug-likeness (QED) is 0.495. The summed E-state index contributed by atoms with van der Waals surface area (Å²) in [6.45, 7) is 8.85. The molecule has 0 radical (unpaired) electrons. The summed E-state index contributed by atoms with van der Waals surface area (Å²) in [6.07, 6.45) is 4.10. The third-order valence-corrected chi connectivity index (χ3v) is 7.26. The van der Waals surface area contributed by atoms with Gasteiger partial charge in [-0.25, -0.2) is 0 Å². The lowest BCUT2D eigenvalue weighted by atomic mass is 9.98. The standard InChI is InChI=1S/C13H28O3Si/c1-7-11(2)8-9-12-13(3,16-12)10-17(6,14-4)15-5/h11-12H,7-10H2,1-6H3. The van der Waals surface area contributed by atoms with Crippen molar-refractivity contribution in [3.63, 3.8) is 0 Å². The molecule has 1 rings (SSSR count). The zero-order valence-electron chi connectivity index (χ0n) is 12.2. The molecule has 3 nitrogen and oxygen atoms in total. The molecule has 4 heteroatoms. The Morgan fingerprint density at radius 3 is 2.41 bits per heavy atom. The lowest BCUT2D eigenvalue weighted by molar-refractivity contribution is 0.230. The first-order valence-corrected chi connectivity index (χ1v) is 9.19. The van der Waals surface area contributed by atoms with Crippen LogP contribution in [0.5, 0.6) is 0 Å². The maximum Gasteiger partial charge on any atom is 0.337 e. The highest BCUT2D eigenvalue weighted by Crippen LogP contribution is 2.46. The number of ether oxygens (including phenoxy) is 1. The molecule has 0 spiro atoms. The monoisotopic (exact) mass is 260 g/mol. The molecule has 3 unspecified atom stereocenters. The molecule has 102 valence electrons. The summed E-state index contributed by atoms with van der Waals surface area (Å²) in [6, 6.07) is 0.929. The summed E-state index contributed by atoms with van der Waals surface area (Å²) in [7, 11) is 1.49. The molecule has 0 amide bonds. The first kappa shape index (κ1) is 15.2. The third-order valence-electron chi connectivity index (χ3n) is 4.19. The Morgan fingerprint density at radius 2 is 1.94 bits per heavy atom. The van der Waals surface area contributed by atoms with E-state index in [0.29, 0.717) is 6.10 Å². The molecular weight excluding hydrogens is 232 g/mol. The predicted molar refractivity (Wildman–Crippen MR) is 72.4 cm³/mol. The van der Waals surface area contributed by atoms with Gasteiger partial charge in [0.15, 0.2) is 0 Å². The molecule has 0 N–H and O–H groups in total. The van der Waals surface area contributed by atoms with E-state index in [1.54, 1.807) is 14.2 Å². The number of hydrogen-bond donors (Lipinski definition) is 0. The number of hydrogen-bond acceptors (Lipinski definition) is 3. The summed E-state index contributed by atoms with van der Waals surface area (Å²) < 4.78 is 16.9. The van der Waals surface area contributed by atoms with Crippen molar-refractivity contribution in [2.24, 2.45) is 5.92 Å². The van der Waals surface area contributed by atoms with Crippen molar-refractivity contribution < 1.29 is 13.6 Å². The Balaban J connectivity index is 2.36. The van der Waals surface area contributed by atoms with Crippen molar-refractivity contribution in [3.05, 3.63) is 0 Å². The molecule has 1 aliphatic heterocycles. The normalized spacial score (nSPS) is 30.4. The first-order valence-electron chi connectivity index (χ1n) is 6.67. The fourth-order valence-corrected chi connectivity index (χ4v) is 4.36. The predicted octanol–water partition coefficient (Wildman–Crippen LogP) is 3.34. The van der Waals surface area contributed by atoms with Gasteiger partial charge in [-0.3, -0.25) is 0 Å². The van der Waals surface area contributed by atoms with Gasteiger partial charge in [0.05, 0.1) is 11.7 Å². The lowest BCUT2D eigenvalue weighted by Gasteiger charge is -2.24. The van der Waals surface area contributed by atoms with E-state index in [1.165, 1.54) is 19.3 Å². The van der Waals surface area contributed by atoms with Crippen LogP contribution >= 0.6 is 0 Å². The molecule has 0 aromatic heterocycles. The average Bonchev–Trinajstić information content (AvgIpc) is 2.96. The van der Waals surface area contributed by atoms with E-state index >= 15 is 0 Å². The van der Waals surface area contributed by atoms with Gasteiger partial charge < -0.3 is 13.6 Å². The van der Waals surface area contributed by atoms with E-state index in [-0.39, 0.29) is 5.60 Å². The van der Waals surface area contributed by atoms with Gasteiger partial charge in [-0.1, -0.05) is 20.3 Å². The van der Waals surface area contributed by atoms with Crippen molar-refractivity contribution in [3.8, 4) is 0 Å². The second-order valence-corrected chi connectivity index (χ2v) is 9.17. The van der Waals surface area contributed by atoms with Crippen LogP contribution in [-0.4, -0.2) is 34.5 Å². The molecule has 3 atom stereocenters. The summed E-state index contributed by atoms with van der Waals surface area (Å²) in [5.41, 5.74) is 0.000450. The largest absolute Gasteiger partial charge is 0.398 e. The van der Waals surface area contributed by atoms with Crippen molar-refractivity contribution in [1.29, 1.82) is 0 Å². The molecule has 0 aromatic carbocycles. The van der Waals surface area contributed by atoms with E-state index in [0.717, 1.165) is 12.0 Å². The van der Waals surface area contributed by atoms with Crippen molar-refractivity contribution in [2.45, 2.75) is 64.3 Å². The van der Waals surface area contributed by atoms with Gasteiger partial charge in [-0.2, -0.15) is 0 Å². The highest BCUT2D eigenvalue weighted by atomic mass is 28.4. The van der Waals surface area contributed by atoms with Crippen LogP contribution in [0.1, 0.15) is 40.0 Å². The van der Waals surface area contributed by atoms with Crippen molar-refractivity contribution >= 4 is 8.56 Å². The molecule has 0 aliphatic carbocycles. The van der Waals surface area contributed by atoms with E-state index in [4.69, 9.17) is 13.6 Å². The van der Waals surface area contributed by atoms with E-state index < -0.39 is 8.56 Å². The summed E-state index contributed by atoms with van der Waals surface area (Å²) in [4.78, 5) is 0. The van der Waals surface area contributed by atoms with Crippen LogP contribution in [0.15, 0.2) is 0 Å². The van der Waals surface area contributed by atoms with Gasteiger partial charge >= 0.3 is 8.56 Å². The Bertz CT molecular complexity index is 243.